The van der Waals surface area contributed by atoms with Crippen LogP contribution in [-0.2, 0) is 12.7 Å². The molecule has 1 saturated heterocycles. The Labute approximate surface area is 133 Å². The van der Waals surface area contributed by atoms with Crippen molar-refractivity contribution in [3.63, 3.8) is 0 Å². The van der Waals surface area contributed by atoms with Crippen molar-refractivity contribution in [1.29, 1.82) is 0 Å². The maximum atomic E-state index is 13.1. The monoisotopic (exact) mass is 332 g/mol. The highest BCUT2D eigenvalue weighted by Crippen LogP contribution is 2.30. The first-order valence-corrected chi connectivity index (χ1v) is 7.73. The summed E-state index contributed by atoms with van der Waals surface area (Å²) in [5.74, 6) is 0.263. The maximum Gasteiger partial charge on any atom is 0.433 e. The molecule has 2 rings (SSSR count). The summed E-state index contributed by atoms with van der Waals surface area (Å²) in [6, 6.07) is 2.86. The summed E-state index contributed by atoms with van der Waals surface area (Å²) in [6.07, 6.45) is -2.76. The highest BCUT2D eigenvalue weighted by atomic mass is 19.4. The minimum atomic E-state index is -4.48. The van der Waals surface area contributed by atoms with Crippen LogP contribution in [-0.4, -0.2) is 54.3 Å². The van der Waals surface area contributed by atoms with Crippen molar-refractivity contribution in [2.75, 3.05) is 38.6 Å². The molecule has 1 aliphatic heterocycles. The fraction of sp³-hybridized carbons (Fsp3) is 0.667. The molecule has 0 radical (unpaired) electrons. The number of halogens is 3. The molecule has 0 aliphatic carbocycles. The zero-order valence-corrected chi connectivity index (χ0v) is 13.2. The van der Waals surface area contributed by atoms with E-state index in [9.17, 15) is 13.2 Å². The van der Waals surface area contributed by atoms with Gasteiger partial charge in [0.2, 0.25) is 0 Å². The van der Waals surface area contributed by atoms with Gasteiger partial charge in [0.1, 0.15) is 11.5 Å². The van der Waals surface area contributed by atoms with Gasteiger partial charge in [0.15, 0.2) is 0 Å². The van der Waals surface area contributed by atoms with Crippen LogP contribution in [0.1, 0.15) is 24.1 Å². The Morgan fingerprint density at radius 1 is 1.35 bits per heavy atom. The van der Waals surface area contributed by atoms with Gasteiger partial charge >= 0.3 is 6.18 Å². The lowest BCUT2D eigenvalue weighted by molar-refractivity contribution is -0.141. The van der Waals surface area contributed by atoms with E-state index in [1.54, 1.807) is 18.0 Å². The molecule has 0 aromatic carbocycles. The zero-order chi connectivity index (χ0) is 16.9. The van der Waals surface area contributed by atoms with E-state index in [1.807, 2.05) is 0 Å². The van der Waals surface area contributed by atoms with Crippen molar-refractivity contribution in [2.24, 2.45) is 0 Å². The van der Waals surface area contributed by atoms with Gasteiger partial charge in [-0.3, -0.25) is 4.90 Å². The van der Waals surface area contributed by atoms with Crippen molar-refractivity contribution < 1.29 is 18.3 Å². The van der Waals surface area contributed by atoms with Gasteiger partial charge in [0.25, 0.3) is 0 Å². The lowest BCUT2D eigenvalue weighted by Crippen LogP contribution is -2.35. The van der Waals surface area contributed by atoms with E-state index < -0.39 is 11.9 Å². The minimum Gasteiger partial charge on any atom is -0.395 e. The van der Waals surface area contributed by atoms with Crippen LogP contribution in [0.15, 0.2) is 12.1 Å². The van der Waals surface area contributed by atoms with Crippen molar-refractivity contribution in [3.8, 4) is 0 Å². The molecule has 1 fully saturated rings. The Kier molecular flexibility index (Phi) is 6.20. The predicted octanol–water partition coefficient (Wildman–Crippen LogP) is 1.69. The number of aliphatic hydroxyl groups excluding tert-OH is 1. The van der Waals surface area contributed by atoms with Gasteiger partial charge in [0, 0.05) is 19.1 Å². The minimum absolute atomic E-state index is 0.0338. The number of anilines is 1. The number of piperidine rings is 1. The van der Waals surface area contributed by atoms with Crippen molar-refractivity contribution in [1.82, 2.24) is 15.2 Å². The molecule has 23 heavy (non-hydrogen) atoms. The maximum absolute atomic E-state index is 13.1. The molecular formula is C15H23F3N4O. The van der Waals surface area contributed by atoms with Gasteiger partial charge in [0.05, 0.1) is 6.61 Å². The molecule has 3 N–H and O–H groups in total. The first-order chi connectivity index (χ1) is 10.9. The molecule has 0 unspecified atom stereocenters. The first kappa shape index (κ1) is 18.0. The normalized spacial score (nSPS) is 16.8. The Morgan fingerprint density at radius 3 is 2.65 bits per heavy atom. The quantitative estimate of drug-likeness (QED) is 0.740. The van der Waals surface area contributed by atoms with Crippen molar-refractivity contribution in [3.05, 3.63) is 23.4 Å². The topological polar surface area (TPSA) is 60.4 Å². The lowest BCUT2D eigenvalue weighted by atomic mass is 10.1. The molecule has 0 amide bonds. The number of nitrogens with one attached hydrogen (secondary N) is 2. The number of nitrogens with zero attached hydrogens (tertiary/aromatic N) is 2. The zero-order valence-electron chi connectivity index (χ0n) is 13.2. The predicted molar refractivity (Wildman–Crippen MR) is 82.2 cm³/mol. The van der Waals surface area contributed by atoms with Crippen LogP contribution >= 0.6 is 0 Å². The summed E-state index contributed by atoms with van der Waals surface area (Å²) in [5.41, 5.74) is -0.358. The molecule has 8 heteroatoms. The molecule has 0 atom stereocenters. The number of pyridine rings is 1. The molecule has 1 aliphatic rings. The van der Waals surface area contributed by atoms with Gasteiger partial charge in [-0.25, -0.2) is 4.98 Å². The molecule has 5 nitrogen and oxygen atoms in total. The molecule has 0 bridgehead atoms. The van der Waals surface area contributed by atoms with Gasteiger partial charge in [-0.05, 0) is 50.7 Å². The van der Waals surface area contributed by atoms with Crippen LogP contribution < -0.4 is 10.6 Å². The average Bonchev–Trinajstić information content (AvgIpc) is 2.47. The van der Waals surface area contributed by atoms with Gasteiger partial charge in [-0.1, -0.05) is 0 Å². The van der Waals surface area contributed by atoms with Crippen LogP contribution in [0.2, 0.25) is 0 Å². The second-order valence-electron chi connectivity index (χ2n) is 5.87. The summed E-state index contributed by atoms with van der Waals surface area (Å²) in [5, 5.41) is 15.3. The number of hydrogen-bond donors (Lipinski definition) is 3. The highest BCUT2D eigenvalue weighted by Gasteiger charge is 2.33. The van der Waals surface area contributed by atoms with Gasteiger partial charge < -0.3 is 15.7 Å². The van der Waals surface area contributed by atoms with Crippen LogP contribution in [0.25, 0.3) is 0 Å². The molecule has 0 saturated carbocycles. The third-order valence-corrected chi connectivity index (χ3v) is 3.80. The second kappa shape index (κ2) is 7.94. The number of aliphatic hydroxyl groups is 1. The van der Waals surface area contributed by atoms with E-state index in [2.05, 4.69) is 15.6 Å². The average molecular weight is 332 g/mol. The largest absolute Gasteiger partial charge is 0.433 e. The molecule has 130 valence electrons. The Balaban J connectivity index is 2.18. The van der Waals surface area contributed by atoms with E-state index in [1.165, 1.54) is 0 Å². The van der Waals surface area contributed by atoms with E-state index in [4.69, 9.17) is 5.11 Å². The SMILES string of the molecule is CN(CCO)Cc1cc(NC2CCNCC2)nc(C(F)(F)F)c1. The molecule has 1 aromatic heterocycles. The standard InChI is InChI=1S/C15H23F3N4O/c1-22(6-7-23)10-11-8-13(15(16,17)18)21-14(9-11)20-12-2-4-19-5-3-12/h8-9,12,19,23H,2-7,10H2,1H3,(H,20,21). The second-order valence-corrected chi connectivity index (χ2v) is 5.87. The fourth-order valence-corrected chi connectivity index (χ4v) is 2.63. The Morgan fingerprint density at radius 2 is 2.04 bits per heavy atom. The van der Waals surface area contributed by atoms with Gasteiger partial charge in [-0.2, -0.15) is 13.2 Å². The number of rotatable bonds is 6. The summed E-state index contributed by atoms with van der Waals surface area (Å²) in [7, 11) is 1.75. The summed E-state index contributed by atoms with van der Waals surface area (Å²) in [6.45, 7) is 2.40. The van der Waals surface area contributed by atoms with E-state index in [0.717, 1.165) is 32.0 Å². The number of likely N-dealkylation sites (N-methyl/N-ethyl adjacent to an activating group) is 1. The molecular weight excluding hydrogens is 309 g/mol. The fourth-order valence-electron chi connectivity index (χ4n) is 2.63. The first-order valence-electron chi connectivity index (χ1n) is 7.73. The van der Waals surface area contributed by atoms with Crippen molar-refractivity contribution in [2.45, 2.75) is 31.6 Å². The van der Waals surface area contributed by atoms with E-state index >= 15 is 0 Å². The number of alkyl halides is 3. The highest BCUT2D eigenvalue weighted by molar-refractivity contribution is 5.41. The number of aromatic nitrogens is 1. The van der Waals surface area contributed by atoms with Gasteiger partial charge in [-0.15, -0.1) is 0 Å². The number of hydrogen-bond acceptors (Lipinski definition) is 5. The molecule has 1 aromatic rings. The summed E-state index contributed by atoms with van der Waals surface area (Å²) < 4.78 is 39.2. The summed E-state index contributed by atoms with van der Waals surface area (Å²) >= 11 is 0. The molecule has 2 heterocycles. The third-order valence-electron chi connectivity index (χ3n) is 3.80. The molecule has 0 spiro atoms. The Bertz CT molecular complexity index is 504. The summed E-state index contributed by atoms with van der Waals surface area (Å²) in [4.78, 5) is 5.50. The van der Waals surface area contributed by atoms with Crippen LogP contribution in [0.5, 0.6) is 0 Å². The van der Waals surface area contributed by atoms with Crippen LogP contribution in [0.4, 0.5) is 19.0 Å². The van der Waals surface area contributed by atoms with E-state index in [0.29, 0.717) is 18.7 Å². The smallest absolute Gasteiger partial charge is 0.395 e. The van der Waals surface area contributed by atoms with Crippen LogP contribution in [0, 0.1) is 0 Å². The van der Waals surface area contributed by atoms with E-state index in [-0.39, 0.29) is 18.5 Å². The third kappa shape index (κ3) is 5.63. The van der Waals surface area contributed by atoms with Crippen molar-refractivity contribution >= 4 is 5.82 Å². The Hall–Kier alpha value is -1.38. The lowest BCUT2D eigenvalue weighted by Gasteiger charge is -2.25. The van der Waals surface area contributed by atoms with Crippen LogP contribution in [0.3, 0.4) is 0 Å².